The molecule has 0 aliphatic heterocycles. The van der Waals surface area contributed by atoms with Crippen LogP contribution in [0.3, 0.4) is 0 Å². The van der Waals surface area contributed by atoms with Gasteiger partial charge in [0, 0.05) is 17.2 Å². The molecule has 1 rings (SSSR count). The first-order valence-corrected chi connectivity index (χ1v) is 6.24. The zero-order valence-corrected chi connectivity index (χ0v) is 10.8. The van der Waals surface area contributed by atoms with Crippen molar-refractivity contribution in [3.05, 3.63) is 28.8 Å². The van der Waals surface area contributed by atoms with E-state index in [0.717, 1.165) is 19.3 Å². The van der Waals surface area contributed by atoms with Crippen LogP contribution in [0, 0.1) is 0 Å². The lowest BCUT2D eigenvalue weighted by molar-refractivity contribution is 0.190. The highest BCUT2D eigenvalue weighted by molar-refractivity contribution is 6.30. The predicted octanol–water partition coefficient (Wildman–Crippen LogP) is 2.93. The molecule has 0 saturated heterocycles. The van der Waals surface area contributed by atoms with Crippen molar-refractivity contribution in [2.24, 2.45) is 0 Å². The van der Waals surface area contributed by atoms with Crippen LogP contribution < -0.4 is 4.74 Å². The van der Waals surface area contributed by atoms with Crippen LogP contribution in [-0.2, 0) is 0 Å². The Kier molecular flexibility index (Phi) is 6.34. The number of halogens is 1. The van der Waals surface area contributed by atoms with Crippen molar-refractivity contribution < 1.29 is 14.9 Å². The van der Waals surface area contributed by atoms with Gasteiger partial charge in [0.15, 0.2) is 0 Å². The topological polar surface area (TPSA) is 49.7 Å². The molecule has 17 heavy (non-hydrogen) atoms. The maximum atomic E-state index is 9.60. The monoisotopic (exact) mass is 258 g/mol. The third kappa shape index (κ3) is 4.94. The minimum absolute atomic E-state index is 0.222. The van der Waals surface area contributed by atoms with Crippen LogP contribution in [0.4, 0.5) is 0 Å². The molecule has 0 aromatic heterocycles. The molecule has 0 aliphatic rings. The summed E-state index contributed by atoms with van der Waals surface area (Å²) in [6.45, 7) is 2.49. The molecule has 0 bridgehead atoms. The zero-order valence-electron chi connectivity index (χ0n) is 10.0. The lowest BCUT2D eigenvalue weighted by Crippen LogP contribution is -2.02. The molecule has 3 nitrogen and oxygen atoms in total. The molecule has 0 radical (unpaired) electrons. The normalized spacial score (nSPS) is 12.5. The second-order valence-electron chi connectivity index (χ2n) is 3.99. The standard InChI is InChI=1S/C13H19ClO3/c1-10(16)12-9-11(14)5-6-13(12)17-8-4-2-3-7-15/h5-6,9-10,15-16H,2-4,7-8H2,1H3/t10-/m1/s1. The Morgan fingerprint density at radius 3 is 2.71 bits per heavy atom. The Bertz CT molecular complexity index is 339. The Labute approximate surface area is 107 Å². The largest absolute Gasteiger partial charge is 0.493 e. The van der Waals surface area contributed by atoms with Crippen molar-refractivity contribution >= 4 is 11.6 Å². The first-order chi connectivity index (χ1) is 8.15. The molecule has 0 aliphatic carbocycles. The van der Waals surface area contributed by atoms with Crippen molar-refractivity contribution in [3.8, 4) is 5.75 Å². The van der Waals surface area contributed by atoms with Crippen LogP contribution in [-0.4, -0.2) is 23.4 Å². The third-order valence-electron chi connectivity index (χ3n) is 2.48. The SMILES string of the molecule is C[C@@H](O)c1cc(Cl)ccc1OCCCCCO. The van der Waals surface area contributed by atoms with Gasteiger partial charge in [-0.25, -0.2) is 0 Å². The van der Waals surface area contributed by atoms with Gasteiger partial charge in [-0.05, 0) is 44.4 Å². The maximum Gasteiger partial charge on any atom is 0.125 e. The number of benzene rings is 1. The van der Waals surface area contributed by atoms with Gasteiger partial charge in [-0.3, -0.25) is 0 Å². The molecule has 0 amide bonds. The van der Waals surface area contributed by atoms with Gasteiger partial charge in [0.2, 0.25) is 0 Å². The van der Waals surface area contributed by atoms with Gasteiger partial charge in [-0.2, -0.15) is 0 Å². The van der Waals surface area contributed by atoms with E-state index in [1.54, 1.807) is 25.1 Å². The van der Waals surface area contributed by atoms with E-state index in [9.17, 15) is 5.11 Å². The summed E-state index contributed by atoms with van der Waals surface area (Å²) in [5, 5.41) is 18.8. The van der Waals surface area contributed by atoms with Gasteiger partial charge < -0.3 is 14.9 Å². The number of hydrogen-bond donors (Lipinski definition) is 2. The zero-order chi connectivity index (χ0) is 12.7. The molecule has 2 N–H and O–H groups in total. The fourth-order valence-electron chi connectivity index (χ4n) is 1.55. The van der Waals surface area contributed by atoms with E-state index >= 15 is 0 Å². The van der Waals surface area contributed by atoms with Crippen molar-refractivity contribution in [1.82, 2.24) is 0 Å². The van der Waals surface area contributed by atoms with Gasteiger partial charge in [-0.15, -0.1) is 0 Å². The molecule has 0 spiro atoms. The summed E-state index contributed by atoms with van der Waals surface area (Å²) in [5.74, 6) is 0.674. The summed E-state index contributed by atoms with van der Waals surface area (Å²) >= 11 is 5.87. The summed E-state index contributed by atoms with van der Waals surface area (Å²) < 4.78 is 5.60. The van der Waals surface area contributed by atoms with E-state index in [1.807, 2.05) is 0 Å². The quantitative estimate of drug-likeness (QED) is 0.740. The summed E-state index contributed by atoms with van der Waals surface area (Å²) in [7, 11) is 0. The average Bonchev–Trinajstić information content (AvgIpc) is 2.30. The number of aliphatic hydroxyl groups is 2. The number of unbranched alkanes of at least 4 members (excludes halogenated alkanes) is 2. The van der Waals surface area contributed by atoms with Crippen LogP contribution in [0.5, 0.6) is 5.75 Å². The summed E-state index contributed by atoms with van der Waals surface area (Å²) in [6.07, 6.45) is 2.03. The second-order valence-corrected chi connectivity index (χ2v) is 4.43. The third-order valence-corrected chi connectivity index (χ3v) is 2.72. The molecule has 1 aromatic carbocycles. The average molecular weight is 259 g/mol. The van der Waals surface area contributed by atoms with Crippen LogP contribution in [0.2, 0.25) is 5.02 Å². The van der Waals surface area contributed by atoms with E-state index in [-0.39, 0.29) is 6.61 Å². The molecule has 0 heterocycles. The van der Waals surface area contributed by atoms with Crippen LogP contribution in [0.15, 0.2) is 18.2 Å². The second kappa shape index (κ2) is 7.54. The molecular weight excluding hydrogens is 240 g/mol. The Hall–Kier alpha value is -0.770. The van der Waals surface area contributed by atoms with Crippen molar-refractivity contribution in [2.75, 3.05) is 13.2 Å². The van der Waals surface area contributed by atoms with Gasteiger partial charge in [0.1, 0.15) is 5.75 Å². The minimum atomic E-state index is -0.596. The molecule has 1 atom stereocenters. The van der Waals surface area contributed by atoms with Crippen LogP contribution in [0.25, 0.3) is 0 Å². The summed E-state index contributed by atoms with van der Waals surface area (Å²) in [6, 6.07) is 5.24. The van der Waals surface area contributed by atoms with Crippen LogP contribution >= 0.6 is 11.6 Å². The fourth-order valence-corrected chi connectivity index (χ4v) is 1.73. The lowest BCUT2D eigenvalue weighted by atomic mass is 10.1. The molecule has 96 valence electrons. The van der Waals surface area contributed by atoms with Crippen molar-refractivity contribution in [3.63, 3.8) is 0 Å². The van der Waals surface area contributed by atoms with E-state index in [2.05, 4.69) is 0 Å². The number of aliphatic hydroxyl groups excluding tert-OH is 2. The van der Waals surface area contributed by atoms with Crippen LogP contribution in [0.1, 0.15) is 37.9 Å². The van der Waals surface area contributed by atoms with E-state index < -0.39 is 6.10 Å². The summed E-state index contributed by atoms with van der Waals surface area (Å²) in [4.78, 5) is 0. The van der Waals surface area contributed by atoms with Gasteiger partial charge in [-0.1, -0.05) is 11.6 Å². The highest BCUT2D eigenvalue weighted by Gasteiger charge is 2.09. The van der Waals surface area contributed by atoms with Gasteiger partial charge >= 0.3 is 0 Å². The molecular formula is C13H19ClO3. The van der Waals surface area contributed by atoms with E-state index in [4.69, 9.17) is 21.4 Å². The Morgan fingerprint density at radius 2 is 2.06 bits per heavy atom. The minimum Gasteiger partial charge on any atom is -0.493 e. The molecule has 0 saturated carbocycles. The van der Waals surface area contributed by atoms with Gasteiger partial charge in [0.25, 0.3) is 0 Å². The first kappa shape index (κ1) is 14.3. The lowest BCUT2D eigenvalue weighted by Gasteiger charge is -2.13. The fraction of sp³-hybridized carbons (Fsp3) is 0.538. The van der Waals surface area contributed by atoms with E-state index in [0.29, 0.717) is 22.9 Å². The highest BCUT2D eigenvalue weighted by Crippen LogP contribution is 2.28. The molecule has 0 unspecified atom stereocenters. The highest BCUT2D eigenvalue weighted by atomic mass is 35.5. The number of ether oxygens (including phenoxy) is 1. The number of hydrogen-bond acceptors (Lipinski definition) is 3. The maximum absolute atomic E-state index is 9.60. The smallest absolute Gasteiger partial charge is 0.125 e. The Balaban J connectivity index is 2.52. The molecule has 4 heteroatoms. The van der Waals surface area contributed by atoms with Crippen molar-refractivity contribution in [2.45, 2.75) is 32.3 Å². The molecule has 1 aromatic rings. The van der Waals surface area contributed by atoms with Gasteiger partial charge in [0.05, 0.1) is 12.7 Å². The summed E-state index contributed by atoms with van der Waals surface area (Å²) in [5.41, 5.74) is 0.708. The number of rotatable bonds is 7. The first-order valence-electron chi connectivity index (χ1n) is 5.86. The molecule has 0 fully saturated rings. The predicted molar refractivity (Wildman–Crippen MR) is 68.5 cm³/mol. The van der Waals surface area contributed by atoms with Crippen molar-refractivity contribution in [1.29, 1.82) is 0 Å². The Morgan fingerprint density at radius 1 is 1.29 bits per heavy atom. The van der Waals surface area contributed by atoms with E-state index in [1.165, 1.54) is 0 Å².